The van der Waals surface area contributed by atoms with Crippen molar-refractivity contribution in [2.24, 2.45) is 0 Å². The number of hydrogen-bond acceptors (Lipinski definition) is 3. The molecule has 2 rings (SSSR count). The van der Waals surface area contributed by atoms with E-state index in [1.807, 2.05) is 44.2 Å². The lowest BCUT2D eigenvalue weighted by atomic mass is 10.1. The van der Waals surface area contributed by atoms with Crippen LogP contribution in [0.5, 0.6) is 0 Å². The van der Waals surface area contributed by atoms with Crippen LogP contribution >= 0.6 is 15.9 Å². The zero-order valence-electron chi connectivity index (χ0n) is 12.1. The minimum Gasteiger partial charge on any atom is -0.313 e. The Kier molecular flexibility index (Phi) is 5.24. The van der Waals surface area contributed by atoms with Gasteiger partial charge in [0.25, 0.3) is 0 Å². The molecule has 0 saturated heterocycles. The highest BCUT2D eigenvalue weighted by Gasteiger charge is 2.13. The summed E-state index contributed by atoms with van der Waals surface area (Å²) < 4.78 is 27.9. The molecule has 0 saturated carbocycles. The van der Waals surface area contributed by atoms with E-state index in [2.05, 4.69) is 26.0 Å². The van der Waals surface area contributed by atoms with Crippen LogP contribution in [-0.2, 0) is 10.0 Å². The number of hydrogen-bond donors (Lipinski definition) is 2. The highest BCUT2D eigenvalue weighted by molar-refractivity contribution is 9.10. The monoisotopic (exact) mass is 370 g/mol. The zero-order valence-corrected chi connectivity index (χ0v) is 14.5. The Morgan fingerprint density at radius 1 is 1.10 bits per heavy atom. The number of sulfonamides is 1. The molecule has 0 atom stereocenters. The number of nitrogens with one attached hydrogen (secondary N) is 2. The van der Waals surface area contributed by atoms with E-state index in [1.54, 1.807) is 6.07 Å². The van der Waals surface area contributed by atoms with Crippen LogP contribution in [0.4, 0.5) is 5.69 Å². The molecule has 0 heterocycles. The van der Waals surface area contributed by atoms with E-state index < -0.39 is 10.0 Å². The first-order valence-corrected chi connectivity index (χ1v) is 9.25. The van der Waals surface area contributed by atoms with E-state index in [4.69, 9.17) is 0 Å². The number of fused-ring (bicyclic) bond motifs is 1. The molecule has 0 aliphatic carbocycles. The summed E-state index contributed by atoms with van der Waals surface area (Å²) in [4.78, 5) is 0. The molecule has 0 fully saturated rings. The Labute approximate surface area is 134 Å². The van der Waals surface area contributed by atoms with Gasteiger partial charge in [0.15, 0.2) is 0 Å². The second-order valence-electron chi connectivity index (χ2n) is 5.17. The molecule has 0 radical (unpaired) electrons. The third-order valence-electron chi connectivity index (χ3n) is 3.06. The maximum absolute atomic E-state index is 12.1. The topological polar surface area (TPSA) is 58.2 Å². The first-order valence-electron chi connectivity index (χ1n) is 6.80. The molecule has 0 aromatic heterocycles. The Hall–Kier alpha value is -1.11. The molecule has 114 valence electrons. The second kappa shape index (κ2) is 6.77. The van der Waals surface area contributed by atoms with Crippen molar-refractivity contribution >= 4 is 42.4 Å². The van der Waals surface area contributed by atoms with E-state index in [0.29, 0.717) is 12.2 Å². The Bertz CT molecular complexity index is 730. The summed E-state index contributed by atoms with van der Waals surface area (Å²) in [6.45, 7) is 4.41. The van der Waals surface area contributed by atoms with Gasteiger partial charge in [-0.05, 0) is 17.5 Å². The quantitative estimate of drug-likeness (QED) is 0.819. The van der Waals surface area contributed by atoms with E-state index in [9.17, 15) is 8.42 Å². The summed E-state index contributed by atoms with van der Waals surface area (Å²) in [6, 6.07) is 11.6. The molecule has 2 aromatic carbocycles. The molecule has 6 heteroatoms. The summed E-state index contributed by atoms with van der Waals surface area (Å²) in [7, 11) is -3.36. The van der Waals surface area contributed by atoms with Crippen molar-refractivity contribution in [3.05, 3.63) is 40.9 Å². The van der Waals surface area contributed by atoms with Crippen LogP contribution in [0.25, 0.3) is 10.8 Å². The summed E-state index contributed by atoms with van der Waals surface area (Å²) in [6.07, 6.45) is 0. The van der Waals surface area contributed by atoms with Crippen LogP contribution < -0.4 is 10.0 Å². The van der Waals surface area contributed by atoms with Gasteiger partial charge in [-0.1, -0.05) is 54.0 Å². The van der Waals surface area contributed by atoms with Gasteiger partial charge >= 0.3 is 0 Å². The molecule has 2 aromatic rings. The van der Waals surface area contributed by atoms with E-state index in [-0.39, 0.29) is 11.8 Å². The van der Waals surface area contributed by atoms with Gasteiger partial charge in [-0.25, -0.2) is 8.42 Å². The third-order valence-corrected chi connectivity index (χ3v) is 5.02. The Balaban J connectivity index is 2.22. The van der Waals surface area contributed by atoms with Gasteiger partial charge in [-0.2, -0.15) is 0 Å². The maximum Gasteiger partial charge on any atom is 0.233 e. The van der Waals surface area contributed by atoms with E-state index >= 15 is 0 Å². The van der Waals surface area contributed by atoms with Crippen LogP contribution in [-0.4, -0.2) is 26.8 Å². The standard InChI is InChI=1S/C15H19BrN2O2S/c1-11(2)17-9-10-21(19,20)18-15-8-7-14(16)12-5-3-4-6-13(12)15/h3-8,11,17-18H,9-10H2,1-2H3. The third kappa shape index (κ3) is 4.43. The van der Waals surface area contributed by atoms with Crippen molar-refractivity contribution in [1.29, 1.82) is 0 Å². The molecule has 0 amide bonds. The lowest BCUT2D eigenvalue weighted by Crippen LogP contribution is -2.30. The smallest absolute Gasteiger partial charge is 0.233 e. The minimum atomic E-state index is -3.36. The van der Waals surface area contributed by atoms with Crippen LogP contribution in [0.1, 0.15) is 13.8 Å². The van der Waals surface area contributed by atoms with Crippen LogP contribution in [0, 0.1) is 0 Å². The maximum atomic E-state index is 12.1. The van der Waals surface area contributed by atoms with Gasteiger partial charge in [0.05, 0.1) is 11.4 Å². The molecule has 0 spiro atoms. The SMILES string of the molecule is CC(C)NCCS(=O)(=O)Nc1ccc(Br)c2ccccc12. The molecule has 21 heavy (non-hydrogen) atoms. The molecule has 0 aliphatic rings. The van der Waals surface area contributed by atoms with Gasteiger partial charge < -0.3 is 5.32 Å². The van der Waals surface area contributed by atoms with Crippen molar-refractivity contribution in [2.75, 3.05) is 17.0 Å². The average Bonchev–Trinajstić information content (AvgIpc) is 2.41. The lowest BCUT2D eigenvalue weighted by molar-refractivity contribution is 0.582. The van der Waals surface area contributed by atoms with Gasteiger partial charge in [-0.3, -0.25) is 4.72 Å². The fourth-order valence-corrected chi connectivity index (χ4v) is 3.53. The van der Waals surface area contributed by atoms with Gasteiger partial charge in [-0.15, -0.1) is 0 Å². The molecule has 2 N–H and O–H groups in total. The molecule has 4 nitrogen and oxygen atoms in total. The van der Waals surface area contributed by atoms with Gasteiger partial charge in [0.1, 0.15) is 0 Å². The molecule has 0 unspecified atom stereocenters. The van der Waals surface area contributed by atoms with Gasteiger partial charge in [0.2, 0.25) is 10.0 Å². The highest BCUT2D eigenvalue weighted by Crippen LogP contribution is 2.30. The zero-order chi connectivity index (χ0) is 15.5. The summed E-state index contributed by atoms with van der Waals surface area (Å²) in [5.74, 6) is 0.0512. The first-order chi connectivity index (χ1) is 9.89. The Morgan fingerprint density at radius 2 is 1.76 bits per heavy atom. The number of rotatable bonds is 6. The van der Waals surface area contributed by atoms with Crippen LogP contribution in [0.15, 0.2) is 40.9 Å². The Morgan fingerprint density at radius 3 is 2.43 bits per heavy atom. The highest BCUT2D eigenvalue weighted by atomic mass is 79.9. The molecule has 0 aliphatic heterocycles. The number of halogens is 1. The summed E-state index contributed by atoms with van der Waals surface area (Å²) in [5, 5.41) is 4.97. The first kappa shape index (κ1) is 16.3. The van der Waals surface area contributed by atoms with Crippen molar-refractivity contribution in [2.45, 2.75) is 19.9 Å². The fourth-order valence-electron chi connectivity index (χ4n) is 2.05. The fraction of sp³-hybridized carbons (Fsp3) is 0.333. The molecular formula is C15H19BrN2O2S. The number of anilines is 1. The van der Waals surface area contributed by atoms with Crippen LogP contribution in [0.3, 0.4) is 0 Å². The van der Waals surface area contributed by atoms with Crippen molar-refractivity contribution in [1.82, 2.24) is 5.32 Å². The minimum absolute atomic E-state index is 0.0512. The molecule has 0 bridgehead atoms. The predicted octanol–water partition coefficient (Wildman–Crippen LogP) is 3.34. The summed E-state index contributed by atoms with van der Waals surface area (Å²) >= 11 is 3.48. The summed E-state index contributed by atoms with van der Waals surface area (Å²) in [5.41, 5.74) is 0.610. The molecular weight excluding hydrogens is 352 g/mol. The van der Waals surface area contributed by atoms with Crippen molar-refractivity contribution in [3.63, 3.8) is 0 Å². The largest absolute Gasteiger partial charge is 0.313 e. The predicted molar refractivity (Wildman–Crippen MR) is 92.2 cm³/mol. The van der Waals surface area contributed by atoms with Crippen LogP contribution in [0.2, 0.25) is 0 Å². The van der Waals surface area contributed by atoms with E-state index in [0.717, 1.165) is 15.2 Å². The van der Waals surface area contributed by atoms with Crippen molar-refractivity contribution in [3.8, 4) is 0 Å². The van der Waals surface area contributed by atoms with Gasteiger partial charge in [0, 0.05) is 22.4 Å². The average molecular weight is 371 g/mol. The normalized spacial score (nSPS) is 12.0. The number of benzene rings is 2. The van der Waals surface area contributed by atoms with Crippen molar-refractivity contribution < 1.29 is 8.42 Å². The van der Waals surface area contributed by atoms with E-state index in [1.165, 1.54) is 0 Å². The second-order valence-corrected chi connectivity index (χ2v) is 7.87. The lowest BCUT2D eigenvalue weighted by Gasteiger charge is -2.13.